The maximum Gasteiger partial charge on any atom is 0.312 e. The Hall–Kier alpha value is -2.44. The second-order valence-electron chi connectivity index (χ2n) is 3.30. The summed E-state index contributed by atoms with van der Waals surface area (Å²) in [5.74, 6) is 1.14. The minimum absolute atomic E-state index is 0.0908. The first-order chi connectivity index (χ1) is 8.13. The molecule has 0 aliphatic carbocycles. The van der Waals surface area contributed by atoms with Gasteiger partial charge in [-0.3, -0.25) is 14.7 Å². The molecule has 17 heavy (non-hydrogen) atoms. The normalized spacial score (nSPS) is 10.2. The fraction of sp³-hybridized carbons (Fsp3) is 0.200. The van der Waals surface area contributed by atoms with Crippen LogP contribution in [0, 0.1) is 17.0 Å². The third-order valence-electron chi connectivity index (χ3n) is 2.29. The molecule has 0 aromatic carbocycles. The molecule has 0 amide bonds. The summed E-state index contributed by atoms with van der Waals surface area (Å²) in [6, 6.07) is 2.81. The van der Waals surface area contributed by atoms with Gasteiger partial charge in [-0.1, -0.05) is 0 Å². The maximum atomic E-state index is 10.9. The van der Waals surface area contributed by atoms with Gasteiger partial charge in [0, 0.05) is 24.5 Å². The van der Waals surface area contributed by atoms with Crippen LogP contribution >= 0.6 is 0 Å². The van der Waals surface area contributed by atoms with Crippen molar-refractivity contribution in [3.05, 3.63) is 40.5 Å². The molecule has 7 heteroatoms. The van der Waals surface area contributed by atoms with Gasteiger partial charge >= 0.3 is 5.69 Å². The lowest BCUT2D eigenvalue weighted by atomic mass is 10.3. The first-order valence-electron chi connectivity index (χ1n) is 4.83. The van der Waals surface area contributed by atoms with E-state index in [9.17, 15) is 10.1 Å². The smallest absolute Gasteiger partial charge is 0.312 e. The molecule has 0 spiro atoms. The van der Waals surface area contributed by atoms with Crippen molar-refractivity contribution in [3.63, 3.8) is 0 Å². The summed E-state index contributed by atoms with van der Waals surface area (Å²) in [7, 11) is 1.46. The van der Waals surface area contributed by atoms with Crippen LogP contribution in [0.5, 0.6) is 5.88 Å². The van der Waals surface area contributed by atoms with Gasteiger partial charge in [-0.15, -0.1) is 0 Å². The Kier molecular flexibility index (Phi) is 2.73. The van der Waals surface area contributed by atoms with Crippen molar-refractivity contribution in [2.24, 2.45) is 0 Å². The number of nitrogens with zero attached hydrogens (tertiary/aromatic N) is 4. The molecule has 0 saturated carbocycles. The summed E-state index contributed by atoms with van der Waals surface area (Å²) >= 11 is 0. The number of hydrogen-bond donors (Lipinski definition) is 0. The quantitative estimate of drug-likeness (QED) is 0.593. The zero-order chi connectivity index (χ0) is 12.4. The molecule has 0 unspecified atom stereocenters. The molecular weight excluding hydrogens is 224 g/mol. The number of nitro groups is 1. The molecule has 0 fully saturated rings. The van der Waals surface area contributed by atoms with Crippen LogP contribution < -0.4 is 4.74 Å². The average Bonchev–Trinajstić information content (AvgIpc) is 2.74. The molecule has 0 atom stereocenters. The standard InChI is InChI=1S/C10H10N4O3/c1-7-11-5-6-13(7)10-8(14(15)16)3-4-9(12-10)17-2/h3-6H,1-2H3. The van der Waals surface area contributed by atoms with Gasteiger partial charge in [0.25, 0.3) is 0 Å². The predicted molar refractivity (Wildman–Crippen MR) is 59.3 cm³/mol. The number of methoxy groups -OCH3 is 1. The van der Waals surface area contributed by atoms with E-state index < -0.39 is 4.92 Å². The lowest BCUT2D eigenvalue weighted by Gasteiger charge is -2.06. The van der Waals surface area contributed by atoms with Gasteiger partial charge in [0.2, 0.25) is 11.7 Å². The minimum Gasteiger partial charge on any atom is -0.481 e. The van der Waals surface area contributed by atoms with Crippen molar-refractivity contribution in [2.45, 2.75) is 6.92 Å². The van der Waals surface area contributed by atoms with Crippen LogP contribution in [0.15, 0.2) is 24.5 Å². The monoisotopic (exact) mass is 234 g/mol. The lowest BCUT2D eigenvalue weighted by molar-refractivity contribution is -0.384. The number of rotatable bonds is 3. The van der Waals surface area contributed by atoms with Gasteiger partial charge in [0.1, 0.15) is 5.82 Å². The van der Waals surface area contributed by atoms with Gasteiger partial charge in [0.05, 0.1) is 12.0 Å². The Morgan fingerprint density at radius 1 is 1.47 bits per heavy atom. The molecule has 0 saturated heterocycles. The van der Waals surface area contributed by atoms with Gasteiger partial charge in [0.15, 0.2) is 0 Å². The Morgan fingerprint density at radius 2 is 2.24 bits per heavy atom. The van der Waals surface area contributed by atoms with Crippen molar-refractivity contribution in [1.82, 2.24) is 14.5 Å². The van der Waals surface area contributed by atoms with Crippen molar-refractivity contribution < 1.29 is 9.66 Å². The first-order valence-corrected chi connectivity index (χ1v) is 4.83. The number of hydrogen-bond acceptors (Lipinski definition) is 5. The van der Waals surface area contributed by atoms with Gasteiger partial charge < -0.3 is 4.74 Å². The van der Waals surface area contributed by atoms with Crippen LogP contribution in [0.4, 0.5) is 5.69 Å². The molecule has 7 nitrogen and oxygen atoms in total. The summed E-state index contributed by atoms with van der Waals surface area (Å²) in [6.45, 7) is 1.74. The summed E-state index contributed by atoms with van der Waals surface area (Å²) in [5.41, 5.74) is -0.0908. The van der Waals surface area contributed by atoms with Crippen molar-refractivity contribution >= 4 is 5.69 Å². The second-order valence-corrected chi connectivity index (χ2v) is 3.30. The van der Waals surface area contributed by atoms with Crippen LogP contribution in [0.3, 0.4) is 0 Å². The molecule has 88 valence electrons. The largest absolute Gasteiger partial charge is 0.481 e. The van der Waals surface area contributed by atoms with Crippen LogP contribution in [-0.2, 0) is 0 Å². The number of ether oxygens (including phenoxy) is 1. The summed E-state index contributed by atoms with van der Waals surface area (Å²) < 4.78 is 6.50. The highest BCUT2D eigenvalue weighted by atomic mass is 16.6. The highest BCUT2D eigenvalue weighted by Gasteiger charge is 2.19. The van der Waals surface area contributed by atoms with E-state index in [4.69, 9.17) is 4.74 Å². The van der Waals surface area contributed by atoms with E-state index in [1.165, 1.54) is 19.2 Å². The van der Waals surface area contributed by atoms with Crippen LogP contribution in [0.25, 0.3) is 5.82 Å². The van der Waals surface area contributed by atoms with E-state index in [2.05, 4.69) is 9.97 Å². The molecule has 2 rings (SSSR count). The fourth-order valence-electron chi connectivity index (χ4n) is 1.46. The zero-order valence-corrected chi connectivity index (χ0v) is 9.32. The number of aryl methyl sites for hydroxylation is 1. The average molecular weight is 234 g/mol. The molecule has 2 aromatic rings. The first kappa shape index (κ1) is 11.1. The second kappa shape index (κ2) is 4.20. The van der Waals surface area contributed by atoms with E-state index in [-0.39, 0.29) is 11.5 Å². The number of aromatic nitrogens is 3. The third kappa shape index (κ3) is 1.94. The van der Waals surface area contributed by atoms with E-state index in [0.717, 1.165) is 0 Å². The van der Waals surface area contributed by atoms with Crippen molar-refractivity contribution in [3.8, 4) is 11.7 Å². The molecule has 2 aromatic heterocycles. The molecule has 0 N–H and O–H groups in total. The minimum atomic E-state index is -0.485. The Morgan fingerprint density at radius 3 is 2.76 bits per heavy atom. The van der Waals surface area contributed by atoms with E-state index >= 15 is 0 Å². The van der Waals surface area contributed by atoms with Crippen molar-refractivity contribution in [2.75, 3.05) is 7.11 Å². The SMILES string of the molecule is COc1ccc([N+](=O)[O-])c(-n2ccnc2C)n1. The molecule has 0 aliphatic rings. The summed E-state index contributed by atoms with van der Waals surface area (Å²) in [6.07, 6.45) is 3.17. The highest BCUT2D eigenvalue weighted by molar-refractivity contribution is 5.49. The third-order valence-corrected chi connectivity index (χ3v) is 2.29. The van der Waals surface area contributed by atoms with Gasteiger partial charge in [-0.25, -0.2) is 4.98 Å². The Labute approximate surface area is 96.8 Å². The molecule has 0 bridgehead atoms. The van der Waals surface area contributed by atoms with E-state index in [0.29, 0.717) is 11.7 Å². The van der Waals surface area contributed by atoms with Gasteiger partial charge in [-0.2, -0.15) is 4.98 Å². The van der Waals surface area contributed by atoms with Gasteiger partial charge in [-0.05, 0) is 6.92 Å². The summed E-state index contributed by atoms with van der Waals surface area (Å²) in [5, 5.41) is 10.9. The van der Waals surface area contributed by atoms with Crippen LogP contribution in [0.2, 0.25) is 0 Å². The van der Waals surface area contributed by atoms with Crippen molar-refractivity contribution in [1.29, 1.82) is 0 Å². The Bertz CT molecular complexity index is 564. The van der Waals surface area contributed by atoms with Crippen LogP contribution in [-0.4, -0.2) is 26.6 Å². The number of pyridine rings is 1. The predicted octanol–water partition coefficient (Wildman–Crippen LogP) is 1.49. The summed E-state index contributed by atoms with van der Waals surface area (Å²) in [4.78, 5) is 18.5. The van der Waals surface area contributed by atoms with Crippen LogP contribution in [0.1, 0.15) is 5.82 Å². The highest BCUT2D eigenvalue weighted by Crippen LogP contribution is 2.24. The Balaban J connectivity index is 2.65. The lowest BCUT2D eigenvalue weighted by Crippen LogP contribution is -2.04. The molecule has 0 radical (unpaired) electrons. The molecule has 2 heterocycles. The maximum absolute atomic E-state index is 10.9. The van der Waals surface area contributed by atoms with E-state index in [1.54, 1.807) is 23.9 Å². The topological polar surface area (TPSA) is 83.1 Å². The number of imidazole rings is 1. The zero-order valence-electron chi connectivity index (χ0n) is 9.32. The fourth-order valence-corrected chi connectivity index (χ4v) is 1.46. The molecule has 0 aliphatic heterocycles. The van der Waals surface area contributed by atoms with E-state index in [1.807, 2.05) is 0 Å². The molecular formula is C10H10N4O3.